The molecule has 3 aromatic rings. The lowest BCUT2D eigenvalue weighted by Crippen LogP contribution is -2.40. The van der Waals surface area contributed by atoms with E-state index in [0.717, 1.165) is 64.7 Å². The van der Waals surface area contributed by atoms with Crippen LogP contribution in [0.1, 0.15) is 52.1 Å². The Morgan fingerprint density at radius 3 is 2.36 bits per heavy atom. The molecule has 2 aromatic carbocycles. The second-order valence-electron chi connectivity index (χ2n) is 9.49. The number of fused-ring (bicyclic) bond motifs is 1. The largest absolute Gasteiger partial charge is 0.337 e. The third kappa shape index (κ3) is 4.88. The highest BCUT2D eigenvalue weighted by Gasteiger charge is 2.33. The molecule has 1 atom stereocenters. The molecule has 5 rings (SSSR count). The molecule has 2 aliphatic rings. The van der Waals surface area contributed by atoms with Crippen molar-refractivity contribution in [1.29, 1.82) is 0 Å². The summed E-state index contributed by atoms with van der Waals surface area (Å²) < 4.78 is 1.96. The number of likely N-dealkylation sites (tertiary alicyclic amines) is 1. The highest BCUT2D eigenvalue weighted by Crippen LogP contribution is 2.29. The van der Waals surface area contributed by atoms with E-state index < -0.39 is 0 Å². The van der Waals surface area contributed by atoms with Crippen LogP contribution in [0.15, 0.2) is 60.7 Å². The van der Waals surface area contributed by atoms with Crippen molar-refractivity contribution in [2.24, 2.45) is 7.05 Å². The van der Waals surface area contributed by atoms with Crippen LogP contribution in [-0.2, 0) is 32.9 Å². The van der Waals surface area contributed by atoms with Crippen molar-refractivity contribution in [2.45, 2.75) is 51.1 Å². The number of hydrogen-bond acceptors (Lipinski definition) is 3. The van der Waals surface area contributed by atoms with Crippen LogP contribution in [0.25, 0.3) is 0 Å². The SMILES string of the molecule is Cn1nc(C(=O)N2CCCC2)c2c1CCC(N(CCc1ccccc1)Cc1ccccc1)C2. The first-order valence-corrected chi connectivity index (χ1v) is 12.3. The number of hydrogen-bond donors (Lipinski definition) is 0. The summed E-state index contributed by atoms with van der Waals surface area (Å²) in [5.74, 6) is 0.129. The minimum absolute atomic E-state index is 0.129. The van der Waals surface area contributed by atoms with E-state index in [-0.39, 0.29) is 5.91 Å². The van der Waals surface area contributed by atoms with Crippen LogP contribution >= 0.6 is 0 Å². The van der Waals surface area contributed by atoms with E-state index in [0.29, 0.717) is 11.7 Å². The van der Waals surface area contributed by atoms with Gasteiger partial charge in [0, 0.05) is 50.5 Å². The van der Waals surface area contributed by atoms with Gasteiger partial charge in [-0.15, -0.1) is 0 Å². The van der Waals surface area contributed by atoms with Crippen LogP contribution in [0.5, 0.6) is 0 Å². The summed E-state index contributed by atoms with van der Waals surface area (Å²) in [6, 6.07) is 21.9. The van der Waals surface area contributed by atoms with Gasteiger partial charge in [0.2, 0.25) is 0 Å². The molecule has 1 aliphatic heterocycles. The zero-order valence-corrected chi connectivity index (χ0v) is 19.6. The molecule has 5 heteroatoms. The molecule has 0 N–H and O–H groups in total. The number of carbonyl (C=O) groups is 1. The zero-order chi connectivity index (χ0) is 22.6. The topological polar surface area (TPSA) is 41.4 Å². The van der Waals surface area contributed by atoms with E-state index in [9.17, 15) is 4.79 Å². The maximum absolute atomic E-state index is 13.2. The first-order chi connectivity index (χ1) is 16.2. The van der Waals surface area contributed by atoms with Gasteiger partial charge in [0.15, 0.2) is 5.69 Å². The summed E-state index contributed by atoms with van der Waals surface area (Å²) in [5, 5.41) is 4.72. The number of rotatable bonds is 7. The molecular formula is C28H34N4O. The highest BCUT2D eigenvalue weighted by molar-refractivity contribution is 5.94. The second-order valence-corrected chi connectivity index (χ2v) is 9.49. The van der Waals surface area contributed by atoms with Crippen molar-refractivity contribution in [1.82, 2.24) is 19.6 Å². The number of carbonyl (C=O) groups excluding carboxylic acids is 1. The maximum atomic E-state index is 13.2. The molecule has 0 saturated carbocycles. The molecule has 172 valence electrons. The number of benzene rings is 2. The molecule has 1 saturated heterocycles. The highest BCUT2D eigenvalue weighted by atomic mass is 16.2. The van der Waals surface area contributed by atoms with Gasteiger partial charge < -0.3 is 4.90 Å². The van der Waals surface area contributed by atoms with Gasteiger partial charge in [0.1, 0.15) is 0 Å². The van der Waals surface area contributed by atoms with Gasteiger partial charge in [0.05, 0.1) is 0 Å². The Hall–Kier alpha value is -2.92. The molecule has 5 nitrogen and oxygen atoms in total. The van der Waals surface area contributed by atoms with Crippen LogP contribution < -0.4 is 0 Å². The van der Waals surface area contributed by atoms with Gasteiger partial charge >= 0.3 is 0 Å². The van der Waals surface area contributed by atoms with E-state index in [1.54, 1.807) is 0 Å². The normalized spacial score (nSPS) is 18.0. The van der Waals surface area contributed by atoms with Crippen molar-refractivity contribution < 1.29 is 4.79 Å². The van der Waals surface area contributed by atoms with Gasteiger partial charge in [-0.3, -0.25) is 14.4 Å². The molecule has 1 aliphatic carbocycles. The minimum Gasteiger partial charge on any atom is -0.337 e. The third-order valence-electron chi connectivity index (χ3n) is 7.30. The monoisotopic (exact) mass is 442 g/mol. The number of amides is 1. The Morgan fingerprint density at radius 2 is 1.67 bits per heavy atom. The van der Waals surface area contributed by atoms with E-state index in [2.05, 4.69) is 65.6 Å². The van der Waals surface area contributed by atoms with Crippen molar-refractivity contribution in [3.63, 3.8) is 0 Å². The summed E-state index contributed by atoms with van der Waals surface area (Å²) >= 11 is 0. The first kappa shape index (κ1) is 21.9. The van der Waals surface area contributed by atoms with Gasteiger partial charge in [-0.05, 0) is 49.7 Å². The molecule has 1 amide bonds. The standard InChI is InChI=1S/C28H34N4O/c1-30-26-15-14-24(20-25(26)27(29-30)28(33)31-17-8-9-18-31)32(21-23-12-6-3-7-13-23)19-16-22-10-4-2-5-11-22/h2-7,10-13,24H,8-9,14-21H2,1H3. The van der Waals surface area contributed by atoms with Crippen molar-refractivity contribution in [3.05, 3.63) is 88.7 Å². The lowest BCUT2D eigenvalue weighted by molar-refractivity contribution is 0.0784. The minimum atomic E-state index is 0.129. The smallest absolute Gasteiger partial charge is 0.274 e. The summed E-state index contributed by atoms with van der Waals surface area (Å²) in [6.07, 6.45) is 6.23. The number of aryl methyl sites for hydroxylation is 1. The molecular weight excluding hydrogens is 408 g/mol. The fraction of sp³-hybridized carbons (Fsp3) is 0.429. The van der Waals surface area contributed by atoms with Gasteiger partial charge in [-0.25, -0.2) is 0 Å². The second kappa shape index (κ2) is 9.92. The molecule has 1 unspecified atom stereocenters. The fourth-order valence-electron chi connectivity index (χ4n) is 5.45. The summed E-state index contributed by atoms with van der Waals surface area (Å²) in [5.41, 5.74) is 5.84. The van der Waals surface area contributed by atoms with Crippen molar-refractivity contribution >= 4 is 5.91 Å². The number of nitrogens with zero attached hydrogens (tertiary/aromatic N) is 4. The molecule has 0 spiro atoms. The zero-order valence-electron chi connectivity index (χ0n) is 19.6. The molecule has 1 aromatic heterocycles. The lowest BCUT2D eigenvalue weighted by atomic mass is 9.89. The summed E-state index contributed by atoms with van der Waals surface area (Å²) in [4.78, 5) is 17.9. The Bertz CT molecular complexity index is 1070. The van der Waals surface area contributed by atoms with E-state index in [1.165, 1.54) is 22.4 Å². The quantitative estimate of drug-likeness (QED) is 0.549. The number of aromatic nitrogens is 2. The Balaban J connectivity index is 1.38. The van der Waals surface area contributed by atoms with Gasteiger partial charge in [0.25, 0.3) is 5.91 Å². The average molecular weight is 443 g/mol. The fourth-order valence-corrected chi connectivity index (χ4v) is 5.45. The Morgan fingerprint density at radius 1 is 1.00 bits per heavy atom. The van der Waals surface area contributed by atoms with Crippen LogP contribution in [0.4, 0.5) is 0 Å². The average Bonchev–Trinajstić information content (AvgIpc) is 3.51. The third-order valence-corrected chi connectivity index (χ3v) is 7.30. The Labute approximate surface area is 197 Å². The molecule has 0 bridgehead atoms. The van der Waals surface area contributed by atoms with Crippen LogP contribution in [-0.4, -0.2) is 51.2 Å². The molecule has 33 heavy (non-hydrogen) atoms. The van der Waals surface area contributed by atoms with E-state index in [1.807, 2.05) is 16.6 Å². The van der Waals surface area contributed by atoms with Gasteiger partial charge in [-0.1, -0.05) is 60.7 Å². The Kier molecular flexibility index (Phi) is 6.58. The van der Waals surface area contributed by atoms with Crippen LogP contribution in [0.2, 0.25) is 0 Å². The van der Waals surface area contributed by atoms with Crippen LogP contribution in [0.3, 0.4) is 0 Å². The lowest BCUT2D eigenvalue weighted by Gasteiger charge is -2.35. The maximum Gasteiger partial charge on any atom is 0.274 e. The van der Waals surface area contributed by atoms with E-state index in [4.69, 9.17) is 5.10 Å². The molecule has 0 radical (unpaired) electrons. The molecule has 2 heterocycles. The molecule has 1 fully saturated rings. The van der Waals surface area contributed by atoms with Crippen LogP contribution in [0, 0.1) is 0 Å². The van der Waals surface area contributed by atoms with Crippen molar-refractivity contribution in [3.8, 4) is 0 Å². The predicted octanol–water partition coefficient (Wildman–Crippen LogP) is 4.26. The van der Waals surface area contributed by atoms with Crippen molar-refractivity contribution in [2.75, 3.05) is 19.6 Å². The van der Waals surface area contributed by atoms with Gasteiger partial charge in [-0.2, -0.15) is 5.10 Å². The van der Waals surface area contributed by atoms with E-state index >= 15 is 0 Å². The summed E-state index contributed by atoms with van der Waals surface area (Å²) in [6.45, 7) is 3.67. The predicted molar refractivity (Wildman–Crippen MR) is 131 cm³/mol. The first-order valence-electron chi connectivity index (χ1n) is 12.3. The summed E-state index contributed by atoms with van der Waals surface area (Å²) in [7, 11) is 2.00.